The number of thiazole rings is 1. The average Bonchev–Trinajstić information content (AvgIpc) is 3.43. The Labute approximate surface area is 167 Å². The maximum atomic E-state index is 12.6. The van der Waals surface area contributed by atoms with Gasteiger partial charge in [-0.1, -0.05) is 0 Å². The van der Waals surface area contributed by atoms with Gasteiger partial charge in [0.1, 0.15) is 5.01 Å². The Bertz CT molecular complexity index is 1050. The fourth-order valence-electron chi connectivity index (χ4n) is 3.12. The zero-order valence-electron chi connectivity index (χ0n) is 15.0. The van der Waals surface area contributed by atoms with E-state index in [1.54, 1.807) is 29.7 Å². The Balaban J connectivity index is 1.45. The zero-order chi connectivity index (χ0) is 19.6. The maximum absolute atomic E-state index is 12.6. The van der Waals surface area contributed by atoms with Crippen LogP contribution in [0.15, 0.2) is 65.0 Å². The van der Waals surface area contributed by atoms with Gasteiger partial charge in [0.15, 0.2) is 0 Å². The number of sulfonamides is 1. The smallest absolute Gasteiger partial charge is 0.255 e. The Kier molecular flexibility index (Phi) is 5.25. The van der Waals surface area contributed by atoms with Gasteiger partial charge in [-0.25, -0.2) is 13.4 Å². The average molecular weight is 414 g/mol. The number of nitrogens with one attached hydrogen (secondary N) is 1. The summed E-state index contributed by atoms with van der Waals surface area (Å²) in [5.74, 6) is -0.285. The molecule has 1 saturated heterocycles. The summed E-state index contributed by atoms with van der Waals surface area (Å²) < 4.78 is 26.6. The number of benzene rings is 2. The third kappa shape index (κ3) is 3.84. The first-order valence-electron chi connectivity index (χ1n) is 8.95. The number of anilines is 1. The number of nitrogens with zero attached hydrogens (tertiary/aromatic N) is 2. The molecule has 1 aliphatic heterocycles. The second-order valence-electron chi connectivity index (χ2n) is 6.50. The number of aromatic nitrogens is 1. The Morgan fingerprint density at radius 3 is 2.29 bits per heavy atom. The molecule has 1 N–H and O–H groups in total. The van der Waals surface area contributed by atoms with E-state index in [9.17, 15) is 13.2 Å². The molecule has 4 rings (SSSR count). The first-order valence-corrected chi connectivity index (χ1v) is 11.3. The first-order chi connectivity index (χ1) is 13.5. The molecule has 6 nitrogen and oxygen atoms in total. The number of carbonyl (C=O) groups is 1. The molecule has 0 spiro atoms. The lowest BCUT2D eigenvalue weighted by molar-refractivity contribution is 0.102. The van der Waals surface area contributed by atoms with Crippen molar-refractivity contribution >= 4 is 33.0 Å². The molecule has 0 radical (unpaired) electrons. The summed E-state index contributed by atoms with van der Waals surface area (Å²) in [6.07, 6.45) is 3.53. The minimum absolute atomic E-state index is 0.221. The summed E-state index contributed by atoms with van der Waals surface area (Å²) in [5, 5.41) is 5.67. The molecule has 0 unspecified atom stereocenters. The van der Waals surface area contributed by atoms with Gasteiger partial charge in [0.2, 0.25) is 10.0 Å². The molecule has 1 aromatic heterocycles. The highest BCUT2D eigenvalue weighted by Crippen LogP contribution is 2.24. The molecular weight excluding hydrogens is 394 g/mol. The number of hydrogen-bond donors (Lipinski definition) is 1. The van der Waals surface area contributed by atoms with Gasteiger partial charge in [0, 0.05) is 41.5 Å². The molecule has 8 heteroatoms. The van der Waals surface area contributed by atoms with E-state index in [-0.39, 0.29) is 10.8 Å². The van der Waals surface area contributed by atoms with Crippen molar-refractivity contribution in [3.05, 3.63) is 65.7 Å². The van der Waals surface area contributed by atoms with E-state index in [1.165, 1.54) is 16.4 Å². The van der Waals surface area contributed by atoms with E-state index >= 15 is 0 Å². The standard InChI is InChI=1S/C20H19N3O3S2/c24-19(22-17-7-3-16(4-8-17)20-21-11-14-27-20)15-5-9-18(10-6-15)28(25,26)23-12-1-2-13-23/h3-11,14H,1-2,12-13H2,(H,22,24). The van der Waals surface area contributed by atoms with E-state index in [0.717, 1.165) is 23.4 Å². The lowest BCUT2D eigenvalue weighted by Gasteiger charge is -2.15. The molecule has 2 aromatic carbocycles. The third-order valence-electron chi connectivity index (χ3n) is 4.64. The van der Waals surface area contributed by atoms with Crippen molar-refractivity contribution in [2.24, 2.45) is 0 Å². The zero-order valence-corrected chi connectivity index (χ0v) is 16.7. The van der Waals surface area contributed by atoms with Crippen LogP contribution in [0, 0.1) is 0 Å². The number of amides is 1. The van der Waals surface area contributed by atoms with Crippen LogP contribution < -0.4 is 5.32 Å². The van der Waals surface area contributed by atoms with Gasteiger partial charge >= 0.3 is 0 Å². The molecule has 1 aliphatic rings. The molecular formula is C20H19N3O3S2. The quantitative estimate of drug-likeness (QED) is 0.689. The van der Waals surface area contributed by atoms with Crippen molar-refractivity contribution in [2.45, 2.75) is 17.7 Å². The lowest BCUT2D eigenvalue weighted by Crippen LogP contribution is -2.27. The van der Waals surface area contributed by atoms with E-state index in [1.807, 2.05) is 29.6 Å². The topological polar surface area (TPSA) is 79.4 Å². The van der Waals surface area contributed by atoms with E-state index in [4.69, 9.17) is 0 Å². The second-order valence-corrected chi connectivity index (χ2v) is 9.34. The highest BCUT2D eigenvalue weighted by Gasteiger charge is 2.27. The minimum atomic E-state index is -3.47. The van der Waals surface area contributed by atoms with Crippen molar-refractivity contribution in [1.29, 1.82) is 0 Å². The van der Waals surface area contributed by atoms with Crippen LogP contribution in [-0.4, -0.2) is 36.7 Å². The second kappa shape index (κ2) is 7.83. The van der Waals surface area contributed by atoms with E-state index < -0.39 is 10.0 Å². The van der Waals surface area contributed by atoms with Crippen LogP contribution in [-0.2, 0) is 10.0 Å². The Morgan fingerprint density at radius 2 is 1.68 bits per heavy atom. The summed E-state index contributed by atoms with van der Waals surface area (Å²) >= 11 is 1.55. The molecule has 0 bridgehead atoms. The van der Waals surface area contributed by atoms with Crippen LogP contribution in [0.5, 0.6) is 0 Å². The molecule has 1 amide bonds. The van der Waals surface area contributed by atoms with Crippen molar-refractivity contribution in [3.63, 3.8) is 0 Å². The fourth-order valence-corrected chi connectivity index (χ4v) is 5.28. The van der Waals surface area contributed by atoms with Crippen molar-refractivity contribution in [3.8, 4) is 10.6 Å². The first kappa shape index (κ1) is 18.8. The van der Waals surface area contributed by atoms with Crippen molar-refractivity contribution < 1.29 is 13.2 Å². The third-order valence-corrected chi connectivity index (χ3v) is 7.38. The summed E-state index contributed by atoms with van der Waals surface area (Å²) in [4.78, 5) is 16.9. The highest BCUT2D eigenvalue weighted by atomic mass is 32.2. The predicted octanol–water partition coefficient (Wildman–Crippen LogP) is 3.85. The van der Waals surface area contributed by atoms with Gasteiger partial charge in [-0.3, -0.25) is 4.79 Å². The van der Waals surface area contributed by atoms with E-state index in [2.05, 4.69) is 10.3 Å². The summed E-state index contributed by atoms with van der Waals surface area (Å²) in [5.41, 5.74) is 2.06. The maximum Gasteiger partial charge on any atom is 0.255 e. The van der Waals surface area contributed by atoms with E-state index in [0.29, 0.717) is 24.3 Å². The highest BCUT2D eigenvalue weighted by molar-refractivity contribution is 7.89. The van der Waals surface area contributed by atoms with Gasteiger partial charge in [0.25, 0.3) is 5.91 Å². The summed E-state index contributed by atoms with van der Waals surface area (Å²) in [6.45, 7) is 1.11. The van der Waals surface area contributed by atoms with Gasteiger partial charge < -0.3 is 5.32 Å². The van der Waals surface area contributed by atoms with Crippen LogP contribution in [0.3, 0.4) is 0 Å². The number of rotatable bonds is 5. The molecule has 0 saturated carbocycles. The fraction of sp³-hybridized carbons (Fsp3) is 0.200. The summed E-state index contributed by atoms with van der Waals surface area (Å²) in [7, 11) is -3.47. The van der Waals surface area contributed by atoms with Crippen LogP contribution in [0.4, 0.5) is 5.69 Å². The molecule has 1 fully saturated rings. The van der Waals surface area contributed by atoms with Crippen LogP contribution in [0.25, 0.3) is 10.6 Å². The molecule has 0 atom stereocenters. The number of carbonyl (C=O) groups excluding carboxylic acids is 1. The lowest BCUT2D eigenvalue weighted by atomic mass is 10.2. The van der Waals surface area contributed by atoms with Crippen LogP contribution in [0.2, 0.25) is 0 Å². The largest absolute Gasteiger partial charge is 0.322 e. The molecule has 0 aliphatic carbocycles. The number of hydrogen-bond acceptors (Lipinski definition) is 5. The van der Waals surface area contributed by atoms with Gasteiger partial charge in [-0.05, 0) is 61.4 Å². The SMILES string of the molecule is O=C(Nc1ccc(-c2nccs2)cc1)c1ccc(S(=O)(=O)N2CCCC2)cc1. The van der Waals surface area contributed by atoms with Gasteiger partial charge in [0.05, 0.1) is 4.90 Å². The molecule has 28 heavy (non-hydrogen) atoms. The molecule has 2 heterocycles. The Hall–Kier alpha value is -2.55. The molecule has 144 valence electrons. The monoisotopic (exact) mass is 413 g/mol. The van der Waals surface area contributed by atoms with Crippen LogP contribution >= 0.6 is 11.3 Å². The van der Waals surface area contributed by atoms with Gasteiger partial charge in [-0.2, -0.15) is 4.31 Å². The molecule has 3 aromatic rings. The van der Waals surface area contributed by atoms with Crippen molar-refractivity contribution in [2.75, 3.05) is 18.4 Å². The van der Waals surface area contributed by atoms with Crippen LogP contribution in [0.1, 0.15) is 23.2 Å². The predicted molar refractivity (Wildman–Crippen MR) is 110 cm³/mol. The summed E-state index contributed by atoms with van der Waals surface area (Å²) in [6, 6.07) is 13.5. The van der Waals surface area contributed by atoms with Crippen molar-refractivity contribution in [1.82, 2.24) is 9.29 Å². The minimum Gasteiger partial charge on any atom is -0.322 e. The van der Waals surface area contributed by atoms with Gasteiger partial charge in [-0.15, -0.1) is 11.3 Å². The normalized spacial score (nSPS) is 14.9. The Morgan fingerprint density at radius 1 is 1.00 bits per heavy atom.